The van der Waals surface area contributed by atoms with E-state index in [4.69, 9.17) is 23.7 Å². The number of aromatic amines is 1. The molecule has 2 saturated heterocycles. The van der Waals surface area contributed by atoms with E-state index in [1.807, 2.05) is 39.1 Å². The molecule has 1 aromatic heterocycles. The molecule has 0 radical (unpaired) electrons. The Bertz CT molecular complexity index is 2350. The number of para-hydroxylation sites is 1. The Kier molecular flexibility index (Phi) is 8.27. The molecule has 13 nitrogen and oxygen atoms in total. The summed E-state index contributed by atoms with van der Waals surface area (Å²) in [5.74, 6) is 1.53. The van der Waals surface area contributed by atoms with Crippen molar-refractivity contribution in [1.29, 1.82) is 0 Å². The minimum absolute atomic E-state index is 0.0203. The van der Waals surface area contributed by atoms with E-state index in [-0.39, 0.29) is 49.4 Å². The Balaban J connectivity index is 1.25. The van der Waals surface area contributed by atoms with Crippen LogP contribution in [0.3, 0.4) is 0 Å². The van der Waals surface area contributed by atoms with Gasteiger partial charge in [0.15, 0.2) is 28.8 Å². The van der Waals surface area contributed by atoms with E-state index in [1.165, 1.54) is 6.92 Å². The number of hydrogen-bond acceptors (Lipinski definition) is 13. The van der Waals surface area contributed by atoms with Crippen LogP contribution in [-0.2, 0) is 32.7 Å². The van der Waals surface area contributed by atoms with Gasteiger partial charge in [-0.05, 0) is 63.4 Å². The van der Waals surface area contributed by atoms with Crippen LogP contribution in [0.1, 0.15) is 75.8 Å². The molecule has 2 fully saturated rings. The molecule has 0 amide bonds. The summed E-state index contributed by atoms with van der Waals surface area (Å²) < 4.78 is 30.9. The van der Waals surface area contributed by atoms with Crippen molar-refractivity contribution in [3.63, 3.8) is 0 Å². The number of ether oxygens (including phenoxy) is 5. The first-order valence-corrected chi connectivity index (χ1v) is 20.3. The first kappa shape index (κ1) is 36.1. The third-order valence-corrected chi connectivity index (χ3v) is 14.6. The molecule has 0 saturated carbocycles. The molecule has 11 rings (SSSR count). The Hall–Kier alpha value is -4.31. The van der Waals surface area contributed by atoms with Gasteiger partial charge in [-0.25, -0.2) is 0 Å². The topological polar surface area (TPSA) is 155 Å². The fraction of sp³-hybridized carbons (Fsp3) is 0.476. The van der Waals surface area contributed by atoms with Gasteiger partial charge in [0.1, 0.15) is 24.1 Å². The minimum atomic E-state index is -1.17. The van der Waals surface area contributed by atoms with E-state index in [0.717, 1.165) is 50.8 Å². The molecule has 4 aromatic rings. The van der Waals surface area contributed by atoms with Crippen molar-refractivity contribution in [2.75, 3.05) is 39.9 Å². The number of aromatic nitrogens is 1. The van der Waals surface area contributed by atoms with Gasteiger partial charge in [0.2, 0.25) is 6.79 Å². The number of likely N-dealkylation sites (N-methyl/N-ethyl adjacent to an activating group) is 1. The number of nitrogens with zero attached hydrogens (tertiary/aromatic N) is 2. The summed E-state index contributed by atoms with van der Waals surface area (Å²) >= 11 is 1.58. The molecule has 1 spiro atoms. The lowest BCUT2D eigenvalue weighted by molar-refractivity contribution is -0.181. The molecule has 14 heteroatoms. The molecule has 8 atom stereocenters. The number of hydrogen-bond donors (Lipinski definition) is 4. The number of esters is 1. The second-order valence-electron chi connectivity index (χ2n) is 16.2. The second-order valence-corrected chi connectivity index (χ2v) is 17.3. The van der Waals surface area contributed by atoms with E-state index >= 15 is 0 Å². The number of ketones is 1. The third-order valence-electron chi connectivity index (χ3n) is 13.1. The van der Waals surface area contributed by atoms with Crippen molar-refractivity contribution in [1.82, 2.24) is 20.1 Å². The van der Waals surface area contributed by atoms with E-state index in [9.17, 15) is 19.8 Å². The number of nitrogens with one attached hydrogen (secondary N) is 2. The van der Waals surface area contributed by atoms with Crippen LogP contribution < -0.4 is 24.3 Å². The molecule has 7 aliphatic heterocycles. The summed E-state index contributed by atoms with van der Waals surface area (Å²) in [6.45, 7) is 7.08. The largest absolute Gasteiger partial charge is 0.504 e. The van der Waals surface area contributed by atoms with Crippen LogP contribution in [0.2, 0.25) is 0 Å². The number of Topliss-reactive ketones (excluding diaryl/α,β-unsaturated/α-hetero) is 1. The van der Waals surface area contributed by atoms with Gasteiger partial charge < -0.3 is 38.9 Å². The summed E-state index contributed by atoms with van der Waals surface area (Å²) in [5, 5.41) is 29.1. The Morgan fingerprint density at radius 3 is 2.66 bits per heavy atom. The first-order chi connectivity index (χ1) is 26.9. The molecule has 3 aromatic carbocycles. The zero-order valence-electron chi connectivity index (χ0n) is 32.2. The van der Waals surface area contributed by atoms with E-state index < -0.39 is 41.1 Å². The highest BCUT2D eigenvalue weighted by atomic mass is 32.2. The number of carbonyl (C=O) groups excluding carboxylic acids is 2. The molecule has 8 heterocycles. The van der Waals surface area contributed by atoms with Gasteiger partial charge in [-0.2, -0.15) is 0 Å². The average molecular weight is 783 g/mol. The van der Waals surface area contributed by atoms with E-state index in [1.54, 1.807) is 18.9 Å². The predicted molar refractivity (Wildman–Crippen MR) is 208 cm³/mol. The monoisotopic (exact) mass is 782 g/mol. The molecular weight excluding hydrogens is 737 g/mol. The molecule has 7 aliphatic rings. The van der Waals surface area contributed by atoms with Crippen LogP contribution >= 0.6 is 11.8 Å². The number of benzene rings is 3. The molecule has 2 unspecified atom stereocenters. The number of fused-ring (bicyclic) bond motifs is 12. The Morgan fingerprint density at radius 1 is 1.09 bits per heavy atom. The summed E-state index contributed by atoms with van der Waals surface area (Å²) in [7, 11) is 3.55. The summed E-state index contributed by atoms with van der Waals surface area (Å²) in [6.07, 6.45) is 0.237. The maximum Gasteiger partial charge on any atom is 0.308 e. The number of carbonyl (C=O) groups is 2. The first-order valence-electron chi connectivity index (χ1n) is 19.3. The van der Waals surface area contributed by atoms with Gasteiger partial charge in [-0.1, -0.05) is 24.3 Å². The Labute approximate surface area is 328 Å². The van der Waals surface area contributed by atoms with Crippen molar-refractivity contribution in [2.45, 2.75) is 87.8 Å². The highest BCUT2D eigenvalue weighted by Crippen LogP contribution is 2.64. The summed E-state index contributed by atoms with van der Waals surface area (Å²) in [6, 6.07) is 8.19. The zero-order chi connectivity index (χ0) is 38.9. The maximum atomic E-state index is 14.9. The fourth-order valence-electron chi connectivity index (χ4n) is 10.9. The number of thioether (sulfide) groups is 1. The number of phenolic OH excluding ortho intramolecular Hbond substituents is 1. The summed E-state index contributed by atoms with van der Waals surface area (Å²) in [4.78, 5) is 35.9. The number of aryl methyl sites for hydroxylation is 1. The average Bonchev–Trinajstić information content (AvgIpc) is 3.80. The number of phenols is 1. The fourth-order valence-corrected chi connectivity index (χ4v) is 12.6. The molecular formula is C42H46N4O9S. The van der Waals surface area contributed by atoms with Gasteiger partial charge >= 0.3 is 5.97 Å². The number of piperazine rings is 1. The highest BCUT2D eigenvalue weighted by Gasteiger charge is 2.61. The van der Waals surface area contributed by atoms with Crippen LogP contribution in [0.25, 0.3) is 10.9 Å². The Morgan fingerprint density at radius 2 is 1.88 bits per heavy atom. The van der Waals surface area contributed by atoms with E-state index in [2.05, 4.69) is 39.2 Å². The van der Waals surface area contributed by atoms with Gasteiger partial charge in [0.05, 0.1) is 37.1 Å². The molecule has 56 heavy (non-hydrogen) atoms. The second kappa shape index (κ2) is 12.9. The normalized spacial score (nSPS) is 30.7. The SMILES string of the molecule is COc1c(C)cc2c(c1O)[C@@H]1C3[C@@H]4SC[C@]5(NC(C)Cc6c5[nH]c5ccccc65)C(=O)COC[C@@H](c5c6c(c(C)c(OC(C)=O)c54)OCO6)N3[C@@H](O)[C@H](C2)N1C. The quantitative estimate of drug-likeness (QED) is 0.166. The molecule has 4 bridgehead atoms. The standard InChI is InChI=1S/C42H46N4O9S/c1-18-11-22-13-26-41(50)46-27-14-52-15-28(48)42(40-24(12-19(2)44-42)23-9-7-8-10-25(23)43-40)16-56-39(33(46)32(45(26)5)29(22)34(49)35(18)51-6)31-30(27)38-37(53-17-54-38)20(3)36(31)55-21(4)47/h7-11,19,26-27,32-33,39,41,43-44,49-50H,12-17H2,1-6H3/t19?,26-,27-,32+,33?,39+,41-,42-/m0/s1. The summed E-state index contributed by atoms with van der Waals surface area (Å²) in [5.41, 5.74) is 6.26. The number of aliphatic hydroxyl groups is 1. The van der Waals surface area contributed by atoms with Crippen molar-refractivity contribution >= 4 is 34.4 Å². The molecule has 294 valence electrons. The van der Waals surface area contributed by atoms with Gasteiger partial charge in [0.25, 0.3) is 0 Å². The van der Waals surface area contributed by atoms with Crippen molar-refractivity contribution in [3.05, 3.63) is 75.0 Å². The van der Waals surface area contributed by atoms with Crippen LogP contribution in [0, 0.1) is 13.8 Å². The lowest BCUT2D eigenvalue weighted by Crippen LogP contribution is -2.69. The van der Waals surface area contributed by atoms with E-state index in [0.29, 0.717) is 40.5 Å². The smallest absolute Gasteiger partial charge is 0.308 e. The minimum Gasteiger partial charge on any atom is -0.504 e. The zero-order valence-corrected chi connectivity index (χ0v) is 33.0. The van der Waals surface area contributed by atoms with Crippen LogP contribution in [0.15, 0.2) is 30.3 Å². The lowest BCUT2D eigenvalue weighted by Gasteiger charge is -2.61. The van der Waals surface area contributed by atoms with Crippen molar-refractivity contribution in [3.8, 4) is 28.7 Å². The number of aromatic hydroxyl groups is 1. The van der Waals surface area contributed by atoms with Gasteiger partial charge in [0, 0.05) is 63.6 Å². The van der Waals surface area contributed by atoms with Crippen molar-refractivity contribution in [2.24, 2.45) is 0 Å². The van der Waals surface area contributed by atoms with Gasteiger partial charge in [-0.3, -0.25) is 24.7 Å². The third kappa shape index (κ3) is 4.86. The van der Waals surface area contributed by atoms with Gasteiger partial charge in [-0.15, -0.1) is 11.8 Å². The number of rotatable bonds is 2. The number of H-pyrrole nitrogens is 1. The molecule has 4 N–H and O–H groups in total. The van der Waals surface area contributed by atoms with Crippen LogP contribution in [0.4, 0.5) is 0 Å². The maximum absolute atomic E-state index is 14.9. The number of aliphatic hydroxyl groups excluding tert-OH is 1. The number of methoxy groups -OCH3 is 1. The van der Waals surface area contributed by atoms with Crippen LogP contribution in [-0.4, -0.2) is 101 Å². The highest BCUT2D eigenvalue weighted by molar-refractivity contribution is 7.99. The van der Waals surface area contributed by atoms with Crippen LogP contribution in [0.5, 0.6) is 28.7 Å². The lowest BCUT2D eigenvalue weighted by atomic mass is 9.73. The van der Waals surface area contributed by atoms with Crippen molar-refractivity contribution < 1.29 is 43.5 Å². The predicted octanol–water partition coefficient (Wildman–Crippen LogP) is 4.61. The molecule has 0 aliphatic carbocycles.